The summed E-state index contributed by atoms with van der Waals surface area (Å²) in [6.45, 7) is 5.51. The molecule has 1 heterocycles. The number of sulfone groups is 1. The normalized spacial score (nSPS) is 15.0. The molecule has 190 valence electrons. The Kier molecular flexibility index (Phi) is 8.47. The molecule has 0 saturated carbocycles. The van der Waals surface area contributed by atoms with E-state index < -0.39 is 27.5 Å². The molecule has 0 aliphatic carbocycles. The zero-order valence-corrected chi connectivity index (χ0v) is 20.5. The first kappa shape index (κ1) is 27.0. The van der Waals surface area contributed by atoms with E-state index >= 15 is 0 Å². The molecule has 2 aromatic carbocycles. The maximum Gasteiger partial charge on any atom is 0.416 e. The molecule has 0 spiro atoms. The number of halogens is 4. The number of methoxy groups -OCH3 is 1. The molecule has 0 aromatic heterocycles. The Morgan fingerprint density at radius 1 is 1.26 bits per heavy atom. The Morgan fingerprint density at radius 3 is 2.54 bits per heavy atom. The molecule has 2 aromatic rings. The summed E-state index contributed by atoms with van der Waals surface area (Å²) in [5, 5.41) is 6.61. The molecule has 0 bridgehead atoms. The lowest BCUT2D eigenvalue weighted by Gasteiger charge is -2.29. The smallest absolute Gasteiger partial charge is 0.416 e. The summed E-state index contributed by atoms with van der Waals surface area (Å²) in [6, 6.07) is 6.05. The predicted molar refractivity (Wildman–Crippen MR) is 126 cm³/mol. The van der Waals surface area contributed by atoms with Gasteiger partial charge in [0.15, 0.2) is 9.84 Å². The largest absolute Gasteiger partial charge is 0.496 e. The molecule has 1 aliphatic rings. The third kappa shape index (κ3) is 6.54. The summed E-state index contributed by atoms with van der Waals surface area (Å²) in [4.78, 5) is 14.6. The second-order valence-corrected chi connectivity index (χ2v) is 10.2. The molecule has 35 heavy (non-hydrogen) atoms. The third-order valence-corrected chi connectivity index (χ3v) is 7.26. The highest BCUT2D eigenvalue weighted by molar-refractivity contribution is 7.94. The average Bonchev–Trinajstić information content (AvgIpc) is 2.82. The van der Waals surface area contributed by atoms with Gasteiger partial charge in [-0.15, -0.1) is 0 Å². The van der Waals surface area contributed by atoms with Crippen molar-refractivity contribution in [2.75, 3.05) is 33.3 Å². The molecular formula is C23H25ClF3N3O4S. The van der Waals surface area contributed by atoms with Crippen molar-refractivity contribution in [2.24, 2.45) is 0 Å². The van der Waals surface area contributed by atoms with Crippen molar-refractivity contribution in [1.29, 1.82) is 0 Å². The van der Waals surface area contributed by atoms with Crippen molar-refractivity contribution < 1.29 is 31.1 Å². The number of alkyl halides is 3. The molecule has 0 radical (unpaired) electrons. The van der Waals surface area contributed by atoms with Gasteiger partial charge in [-0.25, -0.2) is 8.42 Å². The van der Waals surface area contributed by atoms with E-state index in [2.05, 4.69) is 17.2 Å². The predicted octanol–water partition coefficient (Wildman–Crippen LogP) is 3.62. The highest BCUT2D eigenvalue weighted by atomic mass is 35.5. The van der Waals surface area contributed by atoms with Gasteiger partial charge >= 0.3 is 6.18 Å². The first-order valence-electron chi connectivity index (χ1n) is 10.6. The average molecular weight is 532 g/mol. The SMILES string of the molecule is C=CS(=O)(=O)c1ccc(Cl)cc1CNC(=O)c1cc(OC)c(CN2CCNCC2)c(C(F)(F)F)c1. The number of amides is 1. The monoisotopic (exact) mass is 531 g/mol. The summed E-state index contributed by atoms with van der Waals surface area (Å²) < 4.78 is 71.7. The van der Waals surface area contributed by atoms with Gasteiger partial charge in [0, 0.05) is 60.8 Å². The first-order chi connectivity index (χ1) is 16.5. The van der Waals surface area contributed by atoms with Gasteiger partial charge in [0.1, 0.15) is 5.75 Å². The maximum atomic E-state index is 14.0. The van der Waals surface area contributed by atoms with Gasteiger partial charge in [-0.05, 0) is 35.9 Å². The van der Waals surface area contributed by atoms with Gasteiger partial charge in [0.25, 0.3) is 5.91 Å². The number of hydrogen-bond acceptors (Lipinski definition) is 6. The van der Waals surface area contributed by atoms with E-state index in [-0.39, 0.29) is 45.4 Å². The summed E-state index contributed by atoms with van der Waals surface area (Å²) in [5.74, 6) is -0.884. The van der Waals surface area contributed by atoms with Crippen molar-refractivity contribution in [3.63, 3.8) is 0 Å². The zero-order chi connectivity index (χ0) is 25.8. The van der Waals surface area contributed by atoms with Gasteiger partial charge in [-0.1, -0.05) is 18.2 Å². The number of ether oxygens (including phenoxy) is 1. The lowest BCUT2D eigenvalue weighted by Crippen LogP contribution is -2.43. The van der Waals surface area contributed by atoms with Crippen LogP contribution in [0.4, 0.5) is 13.2 Å². The van der Waals surface area contributed by atoms with E-state index in [1.165, 1.54) is 31.4 Å². The molecule has 3 rings (SSSR count). The number of hydrogen-bond donors (Lipinski definition) is 2. The van der Waals surface area contributed by atoms with E-state index in [9.17, 15) is 26.4 Å². The van der Waals surface area contributed by atoms with Crippen LogP contribution in [-0.2, 0) is 29.1 Å². The number of carbonyl (C=O) groups is 1. The van der Waals surface area contributed by atoms with Crippen molar-refractivity contribution in [3.8, 4) is 5.75 Å². The number of nitrogens with zero attached hydrogens (tertiary/aromatic N) is 1. The Labute approximate surface area is 206 Å². The summed E-state index contributed by atoms with van der Waals surface area (Å²) in [6.07, 6.45) is -4.72. The van der Waals surface area contributed by atoms with Crippen LogP contribution < -0.4 is 15.4 Å². The van der Waals surface area contributed by atoms with Gasteiger partial charge in [-0.2, -0.15) is 13.2 Å². The quantitative estimate of drug-likeness (QED) is 0.541. The fraction of sp³-hybridized carbons (Fsp3) is 0.348. The van der Waals surface area contributed by atoms with Gasteiger partial charge in [0.05, 0.1) is 17.6 Å². The second kappa shape index (κ2) is 11.0. The van der Waals surface area contributed by atoms with Crippen molar-refractivity contribution in [1.82, 2.24) is 15.5 Å². The molecule has 0 atom stereocenters. The molecule has 0 unspecified atom stereocenters. The lowest BCUT2D eigenvalue weighted by molar-refractivity contribution is -0.138. The molecule has 7 nitrogen and oxygen atoms in total. The van der Waals surface area contributed by atoms with E-state index in [1.807, 2.05) is 4.90 Å². The fourth-order valence-electron chi connectivity index (χ4n) is 3.80. The molecule has 1 saturated heterocycles. The van der Waals surface area contributed by atoms with Gasteiger partial charge in [-0.3, -0.25) is 9.69 Å². The van der Waals surface area contributed by atoms with Crippen LogP contribution in [0.15, 0.2) is 47.2 Å². The van der Waals surface area contributed by atoms with E-state index in [1.54, 1.807) is 0 Å². The minimum absolute atomic E-state index is 0.0207. The third-order valence-electron chi connectivity index (χ3n) is 5.58. The van der Waals surface area contributed by atoms with Crippen molar-refractivity contribution >= 4 is 27.3 Å². The van der Waals surface area contributed by atoms with E-state index in [4.69, 9.17) is 16.3 Å². The Bertz CT molecular complexity index is 1210. The van der Waals surface area contributed by atoms with Crippen LogP contribution in [0.5, 0.6) is 5.75 Å². The van der Waals surface area contributed by atoms with Gasteiger partial charge in [0.2, 0.25) is 0 Å². The molecule has 12 heteroatoms. The molecule has 1 fully saturated rings. The Morgan fingerprint density at radius 2 is 1.94 bits per heavy atom. The van der Waals surface area contributed by atoms with E-state index in [0.29, 0.717) is 26.2 Å². The number of rotatable bonds is 8. The topological polar surface area (TPSA) is 87.7 Å². The number of nitrogens with one attached hydrogen (secondary N) is 2. The van der Waals surface area contributed by atoms with Crippen LogP contribution in [0.1, 0.15) is 27.0 Å². The highest BCUT2D eigenvalue weighted by Gasteiger charge is 2.36. The fourth-order valence-corrected chi connectivity index (χ4v) is 4.93. The number of piperazine rings is 1. The highest BCUT2D eigenvalue weighted by Crippen LogP contribution is 2.38. The standard InChI is InChI=1S/C23H25ClF3N3O4S/c1-3-35(32,33)21-5-4-17(24)10-16(21)13-29-22(31)15-11-19(23(25,26)27)18(20(12-15)34-2)14-30-8-6-28-7-9-30/h3-5,10-12,28H,1,6-9,13-14H2,2H3,(H,29,31). The summed E-state index contributed by atoms with van der Waals surface area (Å²) in [7, 11) is -2.59. The van der Waals surface area contributed by atoms with Gasteiger partial charge < -0.3 is 15.4 Å². The van der Waals surface area contributed by atoms with Crippen LogP contribution >= 0.6 is 11.6 Å². The van der Waals surface area contributed by atoms with Crippen LogP contribution in [0.3, 0.4) is 0 Å². The van der Waals surface area contributed by atoms with Crippen molar-refractivity contribution in [3.05, 3.63) is 69.6 Å². The minimum atomic E-state index is -4.72. The molecule has 1 aliphatic heterocycles. The lowest BCUT2D eigenvalue weighted by atomic mass is 10.0. The molecular weight excluding hydrogens is 507 g/mol. The Balaban J connectivity index is 1.92. The first-order valence-corrected chi connectivity index (χ1v) is 12.5. The maximum absolute atomic E-state index is 14.0. The molecule has 1 amide bonds. The second-order valence-electron chi connectivity index (χ2n) is 7.87. The molecule has 2 N–H and O–H groups in total. The van der Waals surface area contributed by atoms with Crippen molar-refractivity contribution in [2.45, 2.75) is 24.2 Å². The van der Waals surface area contributed by atoms with Crippen LogP contribution in [0.2, 0.25) is 5.02 Å². The Hall–Kier alpha value is -2.60. The minimum Gasteiger partial charge on any atom is -0.496 e. The summed E-state index contributed by atoms with van der Waals surface area (Å²) >= 11 is 5.97. The summed E-state index contributed by atoms with van der Waals surface area (Å²) in [5.41, 5.74) is -1.11. The number of benzene rings is 2. The van der Waals surface area contributed by atoms with Crippen LogP contribution in [-0.4, -0.2) is 52.5 Å². The number of carbonyl (C=O) groups excluding carboxylic acids is 1. The van der Waals surface area contributed by atoms with Crippen LogP contribution in [0.25, 0.3) is 0 Å². The van der Waals surface area contributed by atoms with E-state index in [0.717, 1.165) is 11.5 Å². The van der Waals surface area contributed by atoms with Crippen LogP contribution in [0, 0.1) is 0 Å². The zero-order valence-electron chi connectivity index (χ0n) is 18.9.